The van der Waals surface area contributed by atoms with E-state index in [1.54, 1.807) is 13.3 Å². The Labute approximate surface area is 147 Å². The van der Waals surface area contributed by atoms with Gasteiger partial charge in [0, 0.05) is 12.2 Å². The molecule has 2 aromatic carbocycles. The van der Waals surface area contributed by atoms with Crippen LogP contribution in [0.5, 0.6) is 5.75 Å². The molecule has 0 aliphatic rings. The molecule has 0 aliphatic heterocycles. The van der Waals surface area contributed by atoms with E-state index in [2.05, 4.69) is 51.8 Å². The third kappa shape index (κ3) is 4.44. The van der Waals surface area contributed by atoms with Gasteiger partial charge in [0.2, 0.25) is 5.95 Å². The minimum absolute atomic E-state index is 0.477. The summed E-state index contributed by atoms with van der Waals surface area (Å²) in [5, 5.41) is 14.5. The Bertz CT molecular complexity index is 849. The Balaban J connectivity index is 1.65. The Hall–Kier alpha value is -3.15. The summed E-state index contributed by atoms with van der Waals surface area (Å²) in [5.41, 5.74) is 4.57. The average Bonchev–Trinajstić information content (AvgIpc) is 2.64. The monoisotopic (exact) mass is 335 g/mol. The molecule has 0 unspecified atom stereocenters. The van der Waals surface area contributed by atoms with Crippen molar-refractivity contribution in [3.63, 3.8) is 0 Å². The van der Waals surface area contributed by atoms with Gasteiger partial charge < -0.3 is 15.4 Å². The van der Waals surface area contributed by atoms with E-state index < -0.39 is 0 Å². The topological polar surface area (TPSA) is 72.0 Å². The quantitative estimate of drug-likeness (QED) is 0.713. The highest BCUT2D eigenvalue weighted by Gasteiger charge is 2.03. The number of aromatic nitrogens is 3. The fourth-order valence-electron chi connectivity index (χ4n) is 2.33. The smallest absolute Gasteiger partial charge is 0.244 e. The Morgan fingerprint density at radius 1 is 1.00 bits per heavy atom. The number of rotatable bonds is 6. The van der Waals surface area contributed by atoms with Crippen LogP contribution in [-0.4, -0.2) is 22.3 Å². The second-order valence-electron chi connectivity index (χ2n) is 5.79. The van der Waals surface area contributed by atoms with Crippen LogP contribution < -0.4 is 15.4 Å². The van der Waals surface area contributed by atoms with E-state index in [1.165, 1.54) is 11.1 Å². The van der Waals surface area contributed by atoms with Crippen molar-refractivity contribution in [3.05, 3.63) is 65.4 Å². The number of nitrogens with one attached hydrogen (secondary N) is 2. The zero-order valence-electron chi connectivity index (χ0n) is 14.6. The van der Waals surface area contributed by atoms with Crippen molar-refractivity contribution in [2.75, 3.05) is 17.7 Å². The fraction of sp³-hybridized carbons (Fsp3) is 0.211. The Morgan fingerprint density at radius 2 is 1.80 bits per heavy atom. The van der Waals surface area contributed by atoms with Gasteiger partial charge in [0.1, 0.15) is 5.75 Å². The summed E-state index contributed by atoms with van der Waals surface area (Å²) >= 11 is 0. The minimum atomic E-state index is 0.477. The van der Waals surface area contributed by atoms with Crippen molar-refractivity contribution in [1.82, 2.24) is 15.2 Å². The Kier molecular flexibility index (Phi) is 5.09. The van der Waals surface area contributed by atoms with Gasteiger partial charge in [0.25, 0.3) is 0 Å². The highest BCUT2D eigenvalue weighted by molar-refractivity contribution is 5.58. The van der Waals surface area contributed by atoms with Gasteiger partial charge in [-0.3, -0.25) is 0 Å². The van der Waals surface area contributed by atoms with Crippen molar-refractivity contribution in [2.45, 2.75) is 20.4 Å². The van der Waals surface area contributed by atoms with Crippen molar-refractivity contribution in [3.8, 4) is 5.75 Å². The normalized spacial score (nSPS) is 10.4. The summed E-state index contributed by atoms with van der Waals surface area (Å²) in [7, 11) is 1.65. The maximum Gasteiger partial charge on any atom is 0.244 e. The maximum atomic E-state index is 5.16. The SMILES string of the molecule is COc1ccc(CNc2nncc(Nc3ccc(C)c(C)c3)n2)cc1. The molecule has 6 heteroatoms. The van der Waals surface area contributed by atoms with E-state index in [0.29, 0.717) is 18.3 Å². The second-order valence-corrected chi connectivity index (χ2v) is 5.79. The van der Waals surface area contributed by atoms with Crippen LogP contribution in [0.3, 0.4) is 0 Å². The summed E-state index contributed by atoms with van der Waals surface area (Å²) in [6.07, 6.45) is 1.60. The number of ether oxygens (including phenoxy) is 1. The Morgan fingerprint density at radius 3 is 2.52 bits per heavy atom. The maximum absolute atomic E-state index is 5.16. The molecule has 2 N–H and O–H groups in total. The van der Waals surface area contributed by atoms with Crippen molar-refractivity contribution in [1.29, 1.82) is 0 Å². The number of aryl methyl sites for hydroxylation is 2. The predicted molar refractivity (Wildman–Crippen MR) is 99.3 cm³/mol. The van der Waals surface area contributed by atoms with Crippen LogP contribution in [0.2, 0.25) is 0 Å². The minimum Gasteiger partial charge on any atom is -0.497 e. The van der Waals surface area contributed by atoms with Crippen LogP contribution in [0.15, 0.2) is 48.7 Å². The first-order valence-electron chi connectivity index (χ1n) is 8.05. The third-order valence-corrected chi connectivity index (χ3v) is 3.95. The summed E-state index contributed by atoms with van der Waals surface area (Å²) < 4.78 is 5.16. The molecule has 1 heterocycles. The van der Waals surface area contributed by atoms with Crippen LogP contribution in [0.1, 0.15) is 16.7 Å². The zero-order valence-corrected chi connectivity index (χ0v) is 14.6. The molecule has 0 saturated carbocycles. The lowest BCUT2D eigenvalue weighted by Gasteiger charge is -2.09. The van der Waals surface area contributed by atoms with Crippen LogP contribution >= 0.6 is 0 Å². The lowest BCUT2D eigenvalue weighted by molar-refractivity contribution is 0.414. The third-order valence-electron chi connectivity index (χ3n) is 3.95. The van der Waals surface area contributed by atoms with E-state index in [1.807, 2.05) is 30.3 Å². The van der Waals surface area contributed by atoms with Gasteiger partial charge in [-0.25, -0.2) is 0 Å². The summed E-state index contributed by atoms with van der Waals surface area (Å²) in [6.45, 7) is 4.78. The number of benzene rings is 2. The summed E-state index contributed by atoms with van der Waals surface area (Å²) in [5.74, 6) is 1.96. The second kappa shape index (κ2) is 7.61. The van der Waals surface area contributed by atoms with Crippen LogP contribution in [0.4, 0.5) is 17.5 Å². The van der Waals surface area contributed by atoms with Gasteiger partial charge in [-0.15, -0.1) is 5.10 Å². The fourth-order valence-corrected chi connectivity index (χ4v) is 2.33. The number of hydrogen-bond donors (Lipinski definition) is 2. The molecular weight excluding hydrogens is 314 g/mol. The molecule has 0 saturated heterocycles. The van der Waals surface area contributed by atoms with E-state index in [4.69, 9.17) is 4.74 Å². The molecule has 0 atom stereocenters. The highest BCUT2D eigenvalue weighted by atomic mass is 16.5. The molecule has 128 valence electrons. The van der Waals surface area contributed by atoms with Crippen LogP contribution in [-0.2, 0) is 6.54 Å². The van der Waals surface area contributed by atoms with E-state index in [-0.39, 0.29) is 0 Å². The summed E-state index contributed by atoms with van der Waals surface area (Å²) in [6, 6.07) is 14.0. The first-order valence-corrected chi connectivity index (χ1v) is 8.05. The van der Waals surface area contributed by atoms with Gasteiger partial charge in [-0.1, -0.05) is 18.2 Å². The predicted octanol–water partition coefficient (Wildman–Crippen LogP) is 3.85. The standard InChI is InChI=1S/C19H21N5O/c1-13-4-7-16(10-14(13)2)22-18-12-21-24-19(23-18)20-11-15-5-8-17(25-3)9-6-15/h4-10,12H,11H2,1-3H3,(H2,20,22,23,24). The molecule has 1 aromatic heterocycles. The number of nitrogens with zero attached hydrogens (tertiary/aromatic N) is 3. The lowest BCUT2D eigenvalue weighted by atomic mass is 10.1. The lowest BCUT2D eigenvalue weighted by Crippen LogP contribution is -2.06. The van der Waals surface area contributed by atoms with Gasteiger partial charge in [0.15, 0.2) is 5.82 Å². The molecule has 0 amide bonds. The molecule has 6 nitrogen and oxygen atoms in total. The molecular formula is C19H21N5O. The average molecular weight is 335 g/mol. The number of anilines is 3. The molecule has 0 fully saturated rings. The molecule has 25 heavy (non-hydrogen) atoms. The first kappa shape index (κ1) is 16.7. The van der Waals surface area contributed by atoms with Crippen molar-refractivity contribution >= 4 is 17.5 Å². The summed E-state index contributed by atoms with van der Waals surface area (Å²) in [4.78, 5) is 4.45. The molecule has 0 bridgehead atoms. The van der Waals surface area contributed by atoms with Gasteiger partial charge in [0.05, 0.1) is 13.3 Å². The van der Waals surface area contributed by atoms with Crippen molar-refractivity contribution < 1.29 is 4.74 Å². The molecule has 0 radical (unpaired) electrons. The van der Waals surface area contributed by atoms with Crippen LogP contribution in [0, 0.1) is 13.8 Å². The molecule has 3 aromatic rings. The number of hydrogen-bond acceptors (Lipinski definition) is 6. The zero-order chi connectivity index (χ0) is 17.6. The van der Waals surface area contributed by atoms with Crippen molar-refractivity contribution in [2.24, 2.45) is 0 Å². The number of methoxy groups -OCH3 is 1. The van der Waals surface area contributed by atoms with E-state index >= 15 is 0 Å². The highest BCUT2D eigenvalue weighted by Crippen LogP contribution is 2.18. The van der Waals surface area contributed by atoms with Gasteiger partial charge >= 0.3 is 0 Å². The van der Waals surface area contributed by atoms with Gasteiger partial charge in [-0.2, -0.15) is 10.1 Å². The first-order chi connectivity index (χ1) is 12.1. The van der Waals surface area contributed by atoms with Gasteiger partial charge in [-0.05, 0) is 54.8 Å². The van der Waals surface area contributed by atoms with Crippen LogP contribution in [0.25, 0.3) is 0 Å². The largest absolute Gasteiger partial charge is 0.497 e. The van der Waals surface area contributed by atoms with E-state index in [9.17, 15) is 0 Å². The molecule has 0 aliphatic carbocycles. The molecule has 3 rings (SSSR count). The molecule has 0 spiro atoms. The van der Waals surface area contributed by atoms with E-state index in [0.717, 1.165) is 17.0 Å².